The van der Waals surface area contributed by atoms with Gasteiger partial charge in [0, 0.05) is 24.3 Å². The number of hydrogen-bond acceptors (Lipinski definition) is 5. The first kappa shape index (κ1) is 14.8. The first-order valence-electron chi connectivity index (χ1n) is 7.47. The number of fused-ring (bicyclic) bond motifs is 1. The van der Waals surface area contributed by atoms with Crippen LogP contribution in [-0.4, -0.2) is 50.6 Å². The number of aromatic amines is 1. The van der Waals surface area contributed by atoms with Crippen LogP contribution in [0.25, 0.3) is 11.0 Å². The Balaban J connectivity index is 1.86. The zero-order valence-electron chi connectivity index (χ0n) is 13.1. The molecule has 1 amide bonds. The molecule has 0 radical (unpaired) electrons. The molecular weight excluding hydrogens is 282 g/mol. The Morgan fingerprint density at radius 1 is 1.41 bits per heavy atom. The summed E-state index contributed by atoms with van der Waals surface area (Å²) < 4.78 is 5.58. The van der Waals surface area contributed by atoms with Gasteiger partial charge in [0.1, 0.15) is 12.0 Å². The van der Waals surface area contributed by atoms with E-state index >= 15 is 0 Å². The smallest absolute Gasteiger partial charge is 0.390 e. The number of rotatable bonds is 2. The van der Waals surface area contributed by atoms with E-state index in [1.54, 1.807) is 17.2 Å². The van der Waals surface area contributed by atoms with Gasteiger partial charge in [0.15, 0.2) is 0 Å². The largest absolute Gasteiger partial charge is 0.417 e. The van der Waals surface area contributed by atoms with Crippen LogP contribution in [0.15, 0.2) is 18.6 Å². The van der Waals surface area contributed by atoms with Crippen molar-refractivity contribution in [2.45, 2.75) is 38.8 Å². The summed E-state index contributed by atoms with van der Waals surface area (Å²) >= 11 is 0. The van der Waals surface area contributed by atoms with Gasteiger partial charge in [-0.15, -0.1) is 0 Å². The molecule has 0 aromatic carbocycles. The maximum absolute atomic E-state index is 12.7. The average Bonchev–Trinajstić information content (AvgIpc) is 3.08. The third-order valence-electron chi connectivity index (χ3n) is 3.82. The summed E-state index contributed by atoms with van der Waals surface area (Å²) in [6.45, 7) is 7.74. The molecule has 22 heavy (non-hydrogen) atoms. The predicted octanol–water partition coefficient (Wildman–Crippen LogP) is 1.92. The Bertz CT molecular complexity index is 670. The molecule has 1 unspecified atom stereocenters. The fourth-order valence-corrected chi connectivity index (χ4v) is 2.89. The molecule has 0 saturated carbocycles. The van der Waals surface area contributed by atoms with Crippen molar-refractivity contribution in [2.24, 2.45) is 0 Å². The van der Waals surface area contributed by atoms with E-state index in [-0.39, 0.29) is 23.6 Å². The van der Waals surface area contributed by atoms with Crippen molar-refractivity contribution in [3.05, 3.63) is 18.6 Å². The van der Waals surface area contributed by atoms with Crippen LogP contribution >= 0.6 is 0 Å². The van der Waals surface area contributed by atoms with Gasteiger partial charge in [-0.25, -0.2) is 14.8 Å². The van der Waals surface area contributed by atoms with Gasteiger partial charge in [-0.1, -0.05) is 0 Å². The highest BCUT2D eigenvalue weighted by atomic mass is 16.6. The average molecular weight is 303 g/mol. The second-order valence-electron chi connectivity index (χ2n) is 6.47. The topological polar surface area (TPSA) is 83.1 Å². The van der Waals surface area contributed by atoms with Gasteiger partial charge in [0.05, 0.1) is 5.39 Å². The van der Waals surface area contributed by atoms with E-state index in [4.69, 9.17) is 4.74 Å². The summed E-state index contributed by atoms with van der Waals surface area (Å²) in [6, 6.07) is 1.94. The quantitative estimate of drug-likeness (QED) is 0.885. The molecule has 1 aliphatic heterocycles. The number of nitrogens with one attached hydrogen (secondary N) is 2. The molecule has 0 aliphatic carbocycles. The molecular formula is C15H21N5O2. The van der Waals surface area contributed by atoms with Crippen molar-refractivity contribution in [2.75, 3.05) is 13.1 Å². The highest BCUT2D eigenvalue weighted by Crippen LogP contribution is 2.25. The Kier molecular flexibility index (Phi) is 3.74. The first-order valence-corrected chi connectivity index (χ1v) is 7.47. The molecule has 2 aromatic rings. The minimum absolute atomic E-state index is 0.135. The molecule has 3 heterocycles. The van der Waals surface area contributed by atoms with Gasteiger partial charge in [-0.05, 0) is 39.8 Å². The predicted molar refractivity (Wildman–Crippen MR) is 82.8 cm³/mol. The molecule has 118 valence electrons. The summed E-state index contributed by atoms with van der Waals surface area (Å²) in [6.07, 6.45) is 3.69. The van der Waals surface area contributed by atoms with Gasteiger partial charge < -0.3 is 15.0 Å². The summed E-state index contributed by atoms with van der Waals surface area (Å²) in [5, 5.41) is 3.99. The van der Waals surface area contributed by atoms with Crippen LogP contribution in [0.3, 0.4) is 0 Å². The van der Waals surface area contributed by atoms with Crippen molar-refractivity contribution < 1.29 is 9.53 Å². The maximum Gasteiger partial charge on any atom is 0.417 e. The van der Waals surface area contributed by atoms with Crippen molar-refractivity contribution >= 4 is 17.1 Å². The van der Waals surface area contributed by atoms with Gasteiger partial charge in [-0.2, -0.15) is 0 Å². The summed E-state index contributed by atoms with van der Waals surface area (Å²) in [4.78, 5) is 25.7. The van der Waals surface area contributed by atoms with Crippen molar-refractivity contribution in [3.8, 4) is 5.88 Å². The standard InChI is InChI=1S/C15H21N5O2/c1-15(2,3)20(10-4-6-16-8-10)14(21)22-13-11-5-7-17-12(11)18-9-19-13/h5,7,9-10,16H,4,6,8H2,1-3H3,(H,17,18,19). The SMILES string of the molecule is CC(C)(C)N(C(=O)Oc1ncnc2[nH]ccc12)C1CCNC1. The maximum atomic E-state index is 12.7. The molecule has 7 heteroatoms. The molecule has 0 bridgehead atoms. The summed E-state index contributed by atoms with van der Waals surface area (Å²) in [5.74, 6) is 0.288. The molecule has 2 aromatic heterocycles. The van der Waals surface area contributed by atoms with Crippen LogP contribution in [0, 0.1) is 0 Å². The third kappa shape index (κ3) is 2.76. The molecule has 3 rings (SSSR count). The van der Waals surface area contributed by atoms with Gasteiger partial charge in [0.2, 0.25) is 5.88 Å². The van der Waals surface area contributed by atoms with Gasteiger partial charge in [-0.3, -0.25) is 4.90 Å². The zero-order chi connectivity index (χ0) is 15.7. The van der Waals surface area contributed by atoms with E-state index in [1.807, 2.05) is 20.8 Å². The second kappa shape index (κ2) is 5.57. The number of amides is 1. The molecule has 0 spiro atoms. The van der Waals surface area contributed by atoms with E-state index in [0.717, 1.165) is 19.5 Å². The van der Waals surface area contributed by atoms with Crippen molar-refractivity contribution in [3.63, 3.8) is 0 Å². The lowest BCUT2D eigenvalue weighted by Crippen LogP contribution is -2.53. The monoisotopic (exact) mass is 303 g/mol. The van der Waals surface area contributed by atoms with Gasteiger partial charge in [0.25, 0.3) is 0 Å². The Morgan fingerprint density at radius 2 is 2.23 bits per heavy atom. The second-order valence-corrected chi connectivity index (χ2v) is 6.47. The van der Waals surface area contributed by atoms with Crippen LogP contribution in [0.2, 0.25) is 0 Å². The number of carbonyl (C=O) groups excluding carboxylic acids is 1. The summed E-state index contributed by atoms with van der Waals surface area (Å²) in [5.41, 5.74) is 0.334. The number of hydrogen-bond donors (Lipinski definition) is 2. The highest BCUT2D eigenvalue weighted by Gasteiger charge is 2.36. The van der Waals surface area contributed by atoms with Crippen LogP contribution < -0.4 is 10.1 Å². The number of nitrogens with zero attached hydrogens (tertiary/aromatic N) is 3. The van der Waals surface area contributed by atoms with Crippen molar-refractivity contribution in [1.29, 1.82) is 0 Å². The minimum atomic E-state index is -0.373. The van der Waals surface area contributed by atoms with Crippen LogP contribution in [0.5, 0.6) is 5.88 Å². The van der Waals surface area contributed by atoms with E-state index in [9.17, 15) is 4.79 Å². The van der Waals surface area contributed by atoms with E-state index < -0.39 is 0 Å². The number of aromatic nitrogens is 3. The van der Waals surface area contributed by atoms with E-state index in [1.165, 1.54) is 6.33 Å². The summed E-state index contributed by atoms with van der Waals surface area (Å²) in [7, 11) is 0. The third-order valence-corrected chi connectivity index (χ3v) is 3.82. The Labute approximate surface area is 129 Å². The first-order chi connectivity index (χ1) is 10.5. The fourth-order valence-electron chi connectivity index (χ4n) is 2.89. The van der Waals surface area contributed by atoms with Gasteiger partial charge >= 0.3 is 6.09 Å². The lowest BCUT2D eigenvalue weighted by molar-refractivity contribution is 0.0807. The van der Waals surface area contributed by atoms with Crippen LogP contribution in [-0.2, 0) is 0 Å². The molecule has 1 fully saturated rings. The molecule has 7 nitrogen and oxygen atoms in total. The Hall–Kier alpha value is -2.15. The minimum Gasteiger partial charge on any atom is -0.390 e. The van der Waals surface area contributed by atoms with Crippen molar-refractivity contribution in [1.82, 2.24) is 25.2 Å². The van der Waals surface area contributed by atoms with E-state index in [0.29, 0.717) is 11.0 Å². The molecule has 2 N–H and O–H groups in total. The lowest BCUT2D eigenvalue weighted by atomic mass is 10.0. The Morgan fingerprint density at radius 3 is 2.91 bits per heavy atom. The number of H-pyrrole nitrogens is 1. The number of carbonyl (C=O) groups is 1. The normalized spacial score (nSPS) is 18.6. The number of ether oxygens (including phenoxy) is 1. The van der Waals surface area contributed by atoms with Crippen LogP contribution in [0.1, 0.15) is 27.2 Å². The molecule has 1 saturated heterocycles. The fraction of sp³-hybridized carbons (Fsp3) is 0.533. The van der Waals surface area contributed by atoms with E-state index in [2.05, 4.69) is 20.3 Å². The molecule has 1 aliphatic rings. The molecule has 1 atom stereocenters. The lowest BCUT2D eigenvalue weighted by Gasteiger charge is -2.38. The zero-order valence-corrected chi connectivity index (χ0v) is 13.1. The van der Waals surface area contributed by atoms with Crippen LogP contribution in [0.4, 0.5) is 4.79 Å². The highest BCUT2D eigenvalue weighted by molar-refractivity contribution is 5.83.